The highest BCUT2D eigenvalue weighted by Gasteiger charge is 2.21. The van der Waals surface area contributed by atoms with Crippen LogP contribution in [-0.4, -0.2) is 56.3 Å². The molecule has 2 saturated heterocycles. The normalized spacial score (nSPS) is 16.8. The quantitative estimate of drug-likeness (QED) is 0.805. The highest BCUT2D eigenvalue weighted by atomic mass is 16.5. The third-order valence-electron chi connectivity index (χ3n) is 4.96. The number of rotatable bonds is 6. The van der Waals surface area contributed by atoms with Crippen LogP contribution in [0, 0.1) is 0 Å². The van der Waals surface area contributed by atoms with E-state index in [0.717, 1.165) is 37.6 Å². The largest absolute Gasteiger partial charge is 0.484 e. The van der Waals surface area contributed by atoms with Crippen molar-refractivity contribution in [3.8, 4) is 5.75 Å². The molecule has 0 radical (unpaired) electrons. The summed E-state index contributed by atoms with van der Waals surface area (Å²) in [6.45, 7) is 3.68. The first-order valence-corrected chi connectivity index (χ1v) is 9.81. The number of pyridine rings is 1. The zero-order valence-electron chi connectivity index (χ0n) is 16.2. The summed E-state index contributed by atoms with van der Waals surface area (Å²) in [6.07, 6.45) is 3.13. The van der Waals surface area contributed by atoms with Gasteiger partial charge in [-0.2, -0.15) is 0 Å². The SMILES string of the molecule is O=C(COc1ccc(N2CCCC2=O)cc1)Nc1ccc(N2CCOCC2)nc1. The summed E-state index contributed by atoms with van der Waals surface area (Å²) in [4.78, 5) is 32.3. The van der Waals surface area contributed by atoms with Crippen molar-refractivity contribution >= 4 is 29.0 Å². The number of aromatic nitrogens is 1. The second kappa shape index (κ2) is 8.91. The number of ether oxygens (including phenoxy) is 2. The van der Waals surface area contributed by atoms with E-state index < -0.39 is 0 Å². The molecule has 2 aliphatic heterocycles. The van der Waals surface area contributed by atoms with Crippen LogP contribution < -0.4 is 19.9 Å². The average Bonchev–Trinajstić information content (AvgIpc) is 3.20. The van der Waals surface area contributed by atoms with Gasteiger partial charge in [-0.1, -0.05) is 0 Å². The van der Waals surface area contributed by atoms with Crippen molar-refractivity contribution in [2.45, 2.75) is 12.8 Å². The summed E-state index contributed by atoms with van der Waals surface area (Å²) in [6, 6.07) is 10.9. The Bertz CT molecular complexity index is 848. The van der Waals surface area contributed by atoms with Gasteiger partial charge in [0.25, 0.3) is 5.91 Å². The fourth-order valence-corrected chi connectivity index (χ4v) is 3.43. The van der Waals surface area contributed by atoms with Gasteiger partial charge in [-0.25, -0.2) is 4.98 Å². The van der Waals surface area contributed by atoms with Crippen molar-refractivity contribution in [3.63, 3.8) is 0 Å². The predicted molar refractivity (Wildman–Crippen MR) is 109 cm³/mol. The molecule has 8 nitrogen and oxygen atoms in total. The number of carbonyl (C=O) groups is 2. The van der Waals surface area contributed by atoms with Crippen LogP contribution in [0.25, 0.3) is 0 Å². The Labute approximate surface area is 169 Å². The summed E-state index contributed by atoms with van der Waals surface area (Å²) < 4.78 is 10.9. The van der Waals surface area contributed by atoms with Crippen LogP contribution in [0.2, 0.25) is 0 Å². The van der Waals surface area contributed by atoms with Gasteiger partial charge < -0.3 is 24.6 Å². The van der Waals surface area contributed by atoms with Crippen LogP contribution in [0.3, 0.4) is 0 Å². The number of morpholine rings is 1. The first kappa shape index (κ1) is 19.2. The fourth-order valence-electron chi connectivity index (χ4n) is 3.43. The van der Waals surface area contributed by atoms with E-state index in [9.17, 15) is 9.59 Å². The van der Waals surface area contributed by atoms with Crippen molar-refractivity contribution in [2.24, 2.45) is 0 Å². The molecule has 1 aromatic heterocycles. The van der Waals surface area contributed by atoms with Crippen molar-refractivity contribution in [1.82, 2.24) is 4.98 Å². The minimum Gasteiger partial charge on any atom is -0.484 e. The minimum absolute atomic E-state index is 0.104. The van der Waals surface area contributed by atoms with Crippen LogP contribution in [0.15, 0.2) is 42.6 Å². The van der Waals surface area contributed by atoms with Crippen molar-refractivity contribution in [3.05, 3.63) is 42.6 Å². The molecule has 2 aromatic rings. The van der Waals surface area contributed by atoms with Gasteiger partial charge in [-0.15, -0.1) is 0 Å². The van der Waals surface area contributed by atoms with Crippen LogP contribution in [-0.2, 0) is 14.3 Å². The molecule has 0 spiro atoms. The maximum absolute atomic E-state index is 12.1. The summed E-state index contributed by atoms with van der Waals surface area (Å²) in [7, 11) is 0. The molecule has 0 atom stereocenters. The zero-order valence-corrected chi connectivity index (χ0v) is 16.2. The number of nitrogens with one attached hydrogen (secondary N) is 1. The van der Waals surface area contributed by atoms with E-state index in [1.54, 1.807) is 23.2 Å². The molecule has 2 aliphatic rings. The number of nitrogens with zero attached hydrogens (tertiary/aromatic N) is 3. The lowest BCUT2D eigenvalue weighted by Gasteiger charge is -2.27. The monoisotopic (exact) mass is 396 g/mol. The Kier molecular flexibility index (Phi) is 5.90. The molecular formula is C21H24N4O4. The molecule has 152 valence electrons. The lowest BCUT2D eigenvalue weighted by Crippen LogP contribution is -2.36. The number of hydrogen-bond donors (Lipinski definition) is 1. The highest BCUT2D eigenvalue weighted by molar-refractivity contribution is 5.95. The third-order valence-corrected chi connectivity index (χ3v) is 4.96. The second-order valence-corrected chi connectivity index (χ2v) is 6.98. The third kappa shape index (κ3) is 4.83. The van der Waals surface area contributed by atoms with E-state index in [4.69, 9.17) is 9.47 Å². The van der Waals surface area contributed by atoms with E-state index >= 15 is 0 Å². The molecule has 29 heavy (non-hydrogen) atoms. The second-order valence-electron chi connectivity index (χ2n) is 6.98. The fraction of sp³-hybridized carbons (Fsp3) is 0.381. The minimum atomic E-state index is -0.260. The van der Waals surface area contributed by atoms with E-state index in [0.29, 0.717) is 31.1 Å². The maximum Gasteiger partial charge on any atom is 0.262 e. The lowest BCUT2D eigenvalue weighted by molar-refractivity contribution is -0.118. The first-order valence-electron chi connectivity index (χ1n) is 9.81. The topological polar surface area (TPSA) is 84.0 Å². The number of anilines is 3. The standard InChI is InChI=1S/C21H24N4O4/c26-20(23-16-3-8-19(22-14-16)24-10-12-28-13-11-24)15-29-18-6-4-17(5-7-18)25-9-1-2-21(25)27/h3-8,14H,1-2,9-13,15H2,(H,23,26). The number of hydrogen-bond acceptors (Lipinski definition) is 6. The average molecular weight is 396 g/mol. The summed E-state index contributed by atoms with van der Waals surface area (Å²) in [5.74, 6) is 1.34. The zero-order chi connectivity index (χ0) is 20.1. The number of benzene rings is 1. The highest BCUT2D eigenvalue weighted by Crippen LogP contribution is 2.24. The summed E-state index contributed by atoms with van der Waals surface area (Å²) in [5.41, 5.74) is 1.48. The van der Waals surface area contributed by atoms with Gasteiger partial charge >= 0.3 is 0 Å². The van der Waals surface area contributed by atoms with Crippen molar-refractivity contribution in [2.75, 3.05) is 54.6 Å². The smallest absolute Gasteiger partial charge is 0.262 e. The van der Waals surface area contributed by atoms with Gasteiger partial charge in [0, 0.05) is 31.7 Å². The van der Waals surface area contributed by atoms with Crippen LogP contribution in [0.5, 0.6) is 5.75 Å². The molecular weight excluding hydrogens is 372 g/mol. The van der Waals surface area contributed by atoms with Gasteiger partial charge in [0.1, 0.15) is 11.6 Å². The molecule has 0 aliphatic carbocycles. The number of carbonyl (C=O) groups excluding carboxylic acids is 2. The van der Waals surface area contributed by atoms with Gasteiger partial charge in [0.2, 0.25) is 5.91 Å². The van der Waals surface area contributed by atoms with Crippen LogP contribution in [0.1, 0.15) is 12.8 Å². The molecule has 0 bridgehead atoms. The van der Waals surface area contributed by atoms with Crippen molar-refractivity contribution < 1.29 is 19.1 Å². The van der Waals surface area contributed by atoms with Gasteiger partial charge in [-0.3, -0.25) is 9.59 Å². The molecule has 3 heterocycles. The van der Waals surface area contributed by atoms with E-state index in [2.05, 4.69) is 15.2 Å². The van der Waals surface area contributed by atoms with Gasteiger partial charge in [0.15, 0.2) is 6.61 Å². The Balaban J connectivity index is 1.26. The Morgan fingerprint density at radius 2 is 1.90 bits per heavy atom. The van der Waals surface area contributed by atoms with Crippen LogP contribution in [0.4, 0.5) is 17.2 Å². The predicted octanol–water partition coefficient (Wildman–Crippen LogP) is 2.06. The Morgan fingerprint density at radius 1 is 1.10 bits per heavy atom. The summed E-state index contributed by atoms with van der Waals surface area (Å²) in [5, 5.41) is 2.78. The lowest BCUT2D eigenvalue weighted by atomic mass is 10.3. The molecule has 2 amide bonds. The van der Waals surface area contributed by atoms with Crippen LogP contribution >= 0.6 is 0 Å². The van der Waals surface area contributed by atoms with E-state index in [1.165, 1.54) is 0 Å². The molecule has 1 aromatic carbocycles. The van der Waals surface area contributed by atoms with E-state index in [1.807, 2.05) is 24.3 Å². The van der Waals surface area contributed by atoms with Crippen molar-refractivity contribution in [1.29, 1.82) is 0 Å². The molecule has 8 heteroatoms. The summed E-state index contributed by atoms with van der Waals surface area (Å²) >= 11 is 0. The molecule has 1 N–H and O–H groups in total. The molecule has 0 saturated carbocycles. The Hall–Kier alpha value is -3.13. The van der Waals surface area contributed by atoms with Gasteiger partial charge in [0.05, 0.1) is 25.1 Å². The molecule has 2 fully saturated rings. The van der Waals surface area contributed by atoms with Gasteiger partial charge in [-0.05, 0) is 42.8 Å². The van der Waals surface area contributed by atoms with E-state index in [-0.39, 0.29) is 18.4 Å². The maximum atomic E-state index is 12.1. The number of amides is 2. The Morgan fingerprint density at radius 3 is 2.55 bits per heavy atom. The molecule has 4 rings (SSSR count). The molecule has 0 unspecified atom stereocenters. The first-order chi connectivity index (χ1) is 14.2.